The van der Waals surface area contributed by atoms with E-state index in [2.05, 4.69) is 0 Å². The Kier molecular flexibility index (Phi) is 3.40. The molecule has 19 heavy (non-hydrogen) atoms. The van der Waals surface area contributed by atoms with Gasteiger partial charge < -0.3 is 9.84 Å². The van der Waals surface area contributed by atoms with Crippen LogP contribution in [0.5, 0.6) is 5.75 Å². The normalized spacial score (nSPS) is 14.9. The van der Waals surface area contributed by atoms with Crippen LogP contribution in [0.25, 0.3) is 0 Å². The molecule has 1 aliphatic rings. The third-order valence-corrected chi connectivity index (χ3v) is 3.83. The second-order valence-electron chi connectivity index (χ2n) is 4.51. The third kappa shape index (κ3) is 2.32. The Morgan fingerprint density at radius 3 is 2.68 bits per heavy atom. The van der Waals surface area contributed by atoms with Crippen LogP contribution < -0.4 is 4.74 Å². The van der Waals surface area contributed by atoms with Crippen LogP contribution in [0.4, 0.5) is 0 Å². The summed E-state index contributed by atoms with van der Waals surface area (Å²) in [7, 11) is 0. The molecule has 2 aromatic rings. The molecule has 0 fully saturated rings. The van der Waals surface area contributed by atoms with Crippen molar-refractivity contribution in [3.63, 3.8) is 0 Å². The van der Waals surface area contributed by atoms with Gasteiger partial charge in [0.25, 0.3) is 0 Å². The maximum atomic E-state index is 10.5. The maximum absolute atomic E-state index is 10.5. The number of hydrogen-bond donors (Lipinski definition) is 1. The fourth-order valence-corrected chi connectivity index (χ4v) is 2.85. The van der Waals surface area contributed by atoms with Crippen molar-refractivity contribution in [3.8, 4) is 5.75 Å². The van der Waals surface area contributed by atoms with Crippen molar-refractivity contribution in [3.05, 3.63) is 63.1 Å². The molecule has 1 aliphatic heterocycles. The number of fused-ring (bicyclic) bond motifs is 1. The summed E-state index contributed by atoms with van der Waals surface area (Å²) in [4.78, 5) is 0. The quantitative estimate of drug-likeness (QED) is 0.907. The third-order valence-electron chi connectivity index (χ3n) is 3.27. The van der Waals surface area contributed by atoms with Gasteiger partial charge in [0.1, 0.15) is 11.9 Å². The standard InChI is InChI=1S/C15H12Cl2O2/c16-10-7-9-5-6-19-15(9)12(8-10)14(18)11-3-1-2-4-13(11)17/h1-4,7-8,14,18H,5-6H2. The highest BCUT2D eigenvalue weighted by atomic mass is 35.5. The van der Waals surface area contributed by atoms with E-state index >= 15 is 0 Å². The van der Waals surface area contributed by atoms with Crippen molar-refractivity contribution < 1.29 is 9.84 Å². The highest BCUT2D eigenvalue weighted by molar-refractivity contribution is 6.31. The van der Waals surface area contributed by atoms with E-state index in [1.807, 2.05) is 18.2 Å². The summed E-state index contributed by atoms with van der Waals surface area (Å²) in [5, 5.41) is 11.7. The molecule has 1 unspecified atom stereocenters. The summed E-state index contributed by atoms with van der Waals surface area (Å²) in [5.74, 6) is 0.733. The number of rotatable bonds is 2. The molecule has 0 aliphatic carbocycles. The minimum atomic E-state index is -0.834. The molecule has 0 amide bonds. The smallest absolute Gasteiger partial charge is 0.128 e. The molecule has 0 bridgehead atoms. The van der Waals surface area contributed by atoms with Crippen molar-refractivity contribution in [2.45, 2.75) is 12.5 Å². The van der Waals surface area contributed by atoms with Gasteiger partial charge in [0, 0.05) is 27.6 Å². The van der Waals surface area contributed by atoms with Gasteiger partial charge in [-0.1, -0.05) is 41.4 Å². The number of aliphatic hydroxyl groups excluding tert-OH is 1. The van der Waals surface area contributed by atoms with Crippen molar-refractivity contribution in [2.75, 3.05) is 6.61 Å². The van der Waals surface area contributed by atoms with Crippen molar-refractivity contribution in [1.82, 2.24) is 0 Å². The highest BCUT2D eigenvalue weighted by Crippen LogP contribution is 2.39. The molecule has 2 nitrogen and oxygen atoms in total. The molecule has 0 saturated heterocycles. The number of aliphatic hydroxyl groups is 1. The Morgan fingerprint density at radius 2 is 1.89 bits per heavy atom. The summed E-state index contributed by atoms with van der Waals surface area (Å²) in [6.45, 7) is 0.623. The lowest BCUT2D eigenvalue weighted by atomic mass is 9.98. The molecular formula is C15H12Cl2O2. The van der Waals surface area contributed by atoms with Gasteiger partial charge in [0.15, 0.2) is 0 Å². The topological polar surface area (TPSA) is 29.5 Å². The van der Waals surface area contributed by atoms with E-state index in [9.17, 15) is 5.11 Å². The van der Waals surface area contributed by atoms with Crippen LogP contribution in [-0.2, 0) is 6.42 Å². The molecule has 0 spiro atoms. The molecule has 98 valence electrons. The second-order valence-corrected chi connectivity index (χ2v) is 5.35. The van der Waals surface area contributed by atoms with Crippen LogP contribution >= 0.6 is 23.2 Å². The fourth-order valence-electron chi connectivity index (χ4n) is 2.37. The predicted octanol–water partition coefficient (Wildman–Crippen LogP) is 4.01. The summed E-state index contributed by atoms with van der Waals surface area (Å²) in [6.07, 6.45) is -0.0164. The van der Waals surface area contributed by atoms with E-state index in [1.165, 1.54) is 0 Å². The Labute approximate surface area is 121 Å². The van der Waals surface area contributed by atoms with Crippen LogP contribution in [-0.4, -0.2) is 11.7 Å². The number of benzene rings is 2. The molecule has 0 saturated carbocycles. The minimum absolute atomic E-state index is 0.529. The van der Waals surface area contributed by atoms with E-state index in [-0.39, 0.29) is 0 Å². The molecule has 1 atom stereocenters. The molecule has 0 aromatic heterocycles. The minimum Gasteiger partial charge on any atom is -0.493 e. The summed E-state index contributed by atoms with van der Waals surface area (Å²) < 4.78 is 5.61. The van der Waals surface area contributed by atoms with Gasteiger partial charge in [-0.25, -0.2) is 0 Å². The lowest BCUT2D eigenvalue weighted by Gasteiger charge is -2.16. The zero-order valence-corrected chi connectivity index (χ0v) is 11.6. The van der Waals surface area contributed by atoms with Gasteiger partial charge in [0.05, 0.1) is 6.61 Å². The van der Waals surface area contributed by atoms with Crippen LogP contribution in [0.1, 0.15) is 22.8 Å². The lowest BCUT2D eigenvalue weighted by Crippen LogP contribution is -2.03. The molecule has 4 heteroatoms. The van der Waals surface area contributed by atoms with Gasteiger partial charge in [-0.2, -0.15) is 0 Å². The first-order chi connectivity index (χ1) is 9.16. The van der Waals surface area contributed by atoms with Gasteiger partial charge in [-0.15, -0.1) is 0 Å². The molecule has 1 N–H and O–H groups in total. The van der Waals surface area contributed by atoms with E-state index in [0.29, 0.717) is 27.8 Å². The largest absolute Gasteiger partial charge is 0.493 e. The summed E-state index contributed by atoms with van der Waals surface area (Å²) in [5.41, 5.74) is 2.37. The van der Waals surface area contributed by atoms with Crippen LogP contribution in [0.3, 0.4) is 0 Å². The van der Waals surface area contributed by atoms with Gasteiger partial charge >= 0.3 is 0 Å². The van der Waals surface area contributed by atoms with E-state index < -0.39 is 6.10 Å². The highest BCUT2D eigenvalue weighted by Gasteiger charge is 2.24. The van der Waals surface area contributed by atoms with Crippen molar-refractivity contribution in [2.24, 2.45) is 0 Å². The fraction of sp³-hybridized carbons (Fsp3) is 0.200. The van der Waals surface area contributed by atoms with Gasteiger partial charge in [-0.05, 0) is 23.8 Å². The summed E-state index contributed by atoms with van der Waals surface area (Å²) in [6, 6.07) is 10.8. The Bertz CT molecular complexity index is 626. The van der Waals surface area contributed by atoms with Gasteiger partial charge in [0.2, 0.25) is 0 Å². The molecule has 2 aromatic carbocycles. The Balaban J connectivity index is 2.10. The van der Waals surface area contributed by atoms with Crippen LogP contribution in [0, 0.1) is 0 Å². The zero-order chi connectivity index (χ0) is 13.4. The Hall–Kier alpha value is -1.22. The monoisotopic (exact) mass is 294 g/mol. The first-order valence-corrected chi connectivity index (χ1v) is 6.80. The SMILES string of the molecule is OC(c1ccccc1Cl)c1cc(Cl)cc2c1OCC2. The molecule has 3 rings (SSSR count). The average molecular weight is 295 g/mol. The molecular weight excluding hydrogens is 283 g/mol. The van der Waals surface area contributed by atoms with E-state index in [1.54, 1.807) is 18.2 Å². The number of hydrogen-bond acceptors (Lipinski definition) is 2. The van der Waals surface area contributed by atoms with Crippen molar-refractivity contribution >= 4 is 23.2 Å². The summed E-state index contributed by atoms with van der Waals surface area (Å²) >= 11 is 12.2. The van der Waals surface area contributed by atoms with Crippen molar-refractivity contribution in [1.29, 1.82) is 0 Å². The molecule has 1 heterocycles. The first-order valence-electron chi connectivity index (χ1n) is 6.04. The van der Waals surface area contributed by atoms with Gasteiger partial charge in [-0.3, -0.25) is 0 Å². The van der Waals surface area contributed by atoms with E-state index in [0.717, 1.165) is 17.7 Å². The average Bonchev–Trinajstić information content (AvgIpc) is 2.85. The zero-order valence-electron chi connectivity index (χ0n) is 10.1. The predicted molar refractivity (Wildman–Crippen MR) is 76.2 cm³/mol. The first kappa shape index (κ1) is 12.8. The maximum Gasteiger partial charge on any atom is 0.128 e. The Morgan fingerprint density at radius 1 is 1.11 bits per heavy atom. The van der Waals surface area contributed by atoms with Crippen LogP contribution in [0.15, 0.2) is 36.4 Å². The molecule has 0 radical (unpaired) electrons. The van der Waals surface area contributed by atoms with E-state index in [4.69, 9.17) is 27.9 Å². The van der Waals surface area contributed by atoms with Crippen LogP contribution in [0.2, 0.25) is 10.0 Å². The lowest BCUT2D eigenvalue weighted by molar-refractivity contribution is 0.214. The number of halogens is 2. The second kappa shape index (κ2) is 5.04. The number of ether oxygens (including phenoxy) is 1.